The molecule has 0 saturated heterocycles. The van der Waals surface area contributed by atoms with Crippen LogP contribution in [0.5, 0.6) is 0 Å². The number of hydrogen-bond acceptors (Lipinski definition) is 2. The molecule has 2 rings (SSSR count). The van der Waals surface area contributed by atoms with Crippen LogP contribution in [0.15, 0.2) is 17.1 Å². The molecule has 90 valence electrons. The van der Waals surface area contributed by atoms with Gasteiger partial charge >= 0.3 is 0 Å². The molecular weight excluding hydrogens is 236 g/mol. The van der Waals surface area contributed by atoms with Gasteiger partial charge in [-0.3, -0.25) is 9.78 Å². The van der Waals surface area contributed by atoms with Crippen molar-refractivity contribution in [2.45, 2.75) is 33.1 Å². The van der Waals surface area contributed by atoms with Gasteiger partial charge in [-0.05, 0) is 24.0 Å². The lowest BCUT2D eigenvalue weighted by Crippen LogP contribution is -2.13. The minimum atomic E-state index is -0.118. The quantitative estimate of drug-likeness (QED) is 0.889. The van der Waals surface area contributed by atoms with E-state index in [0.717, 1.165) is 5.56 Å². The largest absolute Gasteiger partial charge is 0.320 e. The van der Waals surface area contributed by atoms with Crippen LogP contribution in [0.3, 0.4) is 0 Å². The second-order valence-electron chi connectivity index (χ2n) is 4.42. The maximum absolute atomic E-state index is 11.8. The third-order valence-corrected chi connectivity index (χ3v) is 3.33. The molecule has 0 fully saturated rings. The SMILES string of the molecule is CCc1c(Cl)c2ncc(C(C)C)cc2[nH]c1=O. The van der Waals surface area contributed by atoms with Crippen LogP contribution in [0.1, 0.15) is 37.8 Å². The highest BCUT2D eigenvalue weighted by atomic mass is 35.5. The van der Waals surface area contributed by atoms with Gasteiger partial charge in [0.05, 0.1) is 10.5 Å². The Hall–Kier alpha value is -1.35. The van der Waals surface area contributed by atoms with E-state index in [9.17, 15) is 4.79 Å². The van der Waals surface area contributed by atoms with Crippen molar-refractivity contribution in [2.75, 3.05) is 0 Å². The zero-order valence-corrected chi connectivity index (χ0v) is 10.9. The number of hydrogen-bond donors (Lipinski definition) is 1. The Morgan fingerprint density at radius 1 is 1.47 bits per heavy atom. The summed E-state index contributed by atoms with van der Waals surface area (Å²) in [5.41, 5.74) is 2.96. The van der Waals surface area contributed by atoms with Crippen molar-refractivity contribution in [1.29, 1.82) is 0 Å². The van der Waals surface area contributed by atoms with Crippen LogP contribution >= 0.6 is 11.6 Å². The lowest BCUT2D eigenvalue weighted by atomic mass is 10.0. The molecule has 4 heteroatoms. The summed E-state index contributed by atoms with van der Waals surface area (Å²) in [6.45, 7) is 6.08. The Kier molecular flexibility index (Phi) is 3.20. The van der Waals surface area contributed by atoms with Crippen molar-refractivity contribution in [3.8, 4) is 0 Å². The molecule has 2 heterocycles. The topological polar surface area (TPSA) is 45.8 Å². The van der Waals surface area contributed by atoms with Gasteiger partial charge in [-0.2, -0.15) is 0 Å². The lowest BCUT2D eigenvalue weighted by Gasteiger charge is -2.08. The van der Waals surface area contributed by atoms with Gasteiger partial charge in [0.25, 0.3) is 5.56 Å². The fourth-order valence-corrected chi connectivity index (χ4v) is 2.19. The Balaban J connectivity index is 2.78. The zero-order chi connectivity index (χ0) is 12.6. The van der Waals surface area contributed by atoms with Gasteiger partial charge in [0, 0.05) is 11.8 Å². The van der Waals surface area contributed by atoms with Crippen molar-refractivity contribution in [3.05, 3.63) is 38.8 Å². The first kappa shape index (κ1) is 12.1. The van der Waals surface area contributed by atoms with Crippen molar-refractivity contribution in [2.24, 2.45) is 0 Å². The smallest absolute Gasteiger partial charge is 0.253 e. The number of nitrogens with zero attached hydrogens (tertiary/aromatic N) is 1. The van der Waals surface area contributed by atoms with E-state index in [1.165, 1.54) is 0 Å². The number of halogens is 1. The van der Waals surface area contributed by atoms with E-state index in [1.807, 2.05) is 19.2 Å². The van der Waals surface area contributed by atoms with Crippen LogP contribution in [0.25, 0.3) is 11.0 Å². The number of nitrogens with one attached hydrogen (secondary N) is 1. The van der Waals surface area contributed by atoms with Crippen LogP contribution in [0.2, 0.25) is 5.02 Å². The summed E-state index contributed by atoms with van der Waals surface area (Å²) < 4.78 is 0. The summed E-state index contributed by atoms with van der Waals surface area (Å²) in [6.07, 6.45) is 2.42. The summed E-state index contributed by atoms with van der Waals surface area (Å²) in [7, 11) is 0. The molecule has 0 spiro atoms. The molecule has 0 atom stereocenters. The van der Waals surface area contributed by atoms with Crippen LogP contribution in [-0.2, 0) is 6.42 Å². The Labute approximate surface area is 105 Å². The molecule has 3 nitrogen and oxygen atoms in total. The fraction of sp³-hybridized carbons (Fsp3) is 0.385. The third-order valence-electron chi connectivity index (χ3n) is 2.92. The van der Waals surface area contributed by atoms with Crippen molar-refractivity contribution in [3.63, 3.8) is 0 Å². The molecular formula is C13H15ClN2O. The summed E-state index contributed by atoms with van der Waals surface area (Å²) in [4.78, 5) is 19.0. The molecule has 0 aliphatic rings. The predicted molar refractivity (Wildman–Crippen MR) is 70.8 cm³/mol. The third kappa shape index (κ3) is 2.07. The van der Waals surface area contributed by atoms with E-state index < -0.39 is 0 Å². The molecule has 0 aliphatic carbocycles. The van der Waals surface area contributed by atoms with Crippen LogP contribution in [0.4, 0.5) is 0 Å². The minimum Gasteiger partial charge on any atom is -0.320 e. The molecule has 0 amide bonds. The molecule has 2 aromatic rings. The van der Waals surface area contributed by atoms with E-state index in [2.05, 4.69) is 23.8 Å². The summed E-state index contributed by atoms with van der Waals surface area (Å²) in [6, 6.07) is 1.94. The first-order valence-electron chi connectivity index (χ1n) is 5.74. The number of aromatic nitrogens is 2. The molecule has 2 aromatic heterocycles. The molecule has 0 bridgehead atoms. The van der Waals surface area contributed by atoms with Crippen molar-refractivity contribution in [1.82, 2.24) is 9.97 Å². The summed E-state index contributed by atoms with van der Waals surface area (Å²) >= 11 is 6.20. The molecule has 17 heavy (non-hydrogen) atoms. The molecule has 0 radical (unpaired) electrons. The van der Waals surface area contributed by atoms with Crippen molar-refractivity contribution >= 4 is 22.6 Å². The standard InChI is InChI=1S/C13H15ClN2O/c1-4-9-11(14)12-10(16-13(9)17)5-8(6-15-12)7(2)3/h5-7H,4H2,1-3H3,(H,16,17). The molecule has 0 unspecified atom stereocenters. The van der Waals surface area contributed by atoms with E-state index in [4.69, 9.17) is 11.6 Å². The normalized spacial score (nSPS) is 11.4. The van der Waals surface area contributed by atoms with Gasteiger partial charge in [0.15, 0.2) is 0 Å². The molecule has 0 saturated carbocycles. The highest BCUT2D eigenvalue weighted by Gasteiger charge is 2.11. The average Bonchev–Trinajstić information content (AvgIpc) is 2.28. The summed E-state index contributed by atoms with van der Waals surface area (Å²) in [5, 5.41) is 0.474. The highest BCUT2D eigenvalue weighted by molar-refractivity contribution is 6.35. The maximum Gasteiger partial charge on any atom is 0.253 e. The highest BCUT2D eigenvalue weighted by Crippen LogP contribution is 2.24. The van der Waals surface area contributed by atoms with E-state index in [-0.39, 0.29) is 5.56 Å². The van der Waals surface area contributed by atoms with E-state index in [1.54, 1.807) is 0 Å². The predicted octanol–water partition coefficient (Wildman–Crippen LogP) is 3.26. The van der Waals surface area contributed by atoms with Crippen LogP contribution in [-0.4, -0.2) is 9.97 Å². The van der Waals surface area contributed by atoms with Gasteiger partial charge in [-0.1, -0.05) is 32.4 Å². The fourth-order valence-electron chi connectivity index (χ4n) is 1.82. The Morgan fingerprint density at radius 3 is 2.76 bits per heavy atom. The number of H-pyrrole nitrogens is 1. The van der Waals surface area contributed by atoms with Gasteiger partial charge < -0.3 is 4.98 Å². The Bertz CT molecular complexity index is 617. The number of rotatable bonds is 2. The van der Waals surface area contributed by atoms with Gasteiger partial charge in [0.1, 0.15) is 5.52 Å². The average molecular weight is 251 g/mol. The zero-order valence-electron chi connectivity index (χ0n) is 10.2. The van der Waals surface area contributed by atoms with Crippen LogP contribution in [0, 0.1) is 0 Å². The maximum atomic E-state index is 11.8. The van der Waals surface area contributed by atoms with Crippen LogP contribution < -0.4 is 5.56 Å². The molecule has 0 aliphatic heterocycles. The monoisotopic (exact) mass is 250 g/mol. The number of pyridine rings is 2. The van der Waals surface area contributed by atoms with E-state index >= 15 is 0 Å². The first-order valence-corrected chi connectivity index (χ1v) is 6.12. The number of fused-ring (bicyclic) bond motifs is 1. The Morgan fingerprint density at radius 2 is 2.18 bits per heavy atom. The molecule has 1 N–H and O–H groups in total. The minimum absolute atomic E-state index is 0.118. The van der Waals surface area contributed by atoms with Gasteiger partial charge in [-0.25, -0.2) is 0 Å². The van der Waals surface area contributed by atoms with Gasteiger partial charge in [0.2, 0.25) is 0 Å². The lowest BCUT2D eigenvalue weighted by molar-refractivity contribution is 0.861. The summed E-state index contributed by atoms with van der Waals surface area (Å²) in [5.74, 6) is 0.375. The van der Waals surface area contributed by atoms with Gasteiger partial charge in [-0.15, -0.1) is 0 Å². The first-order chi connectivity index (χ1) is 8.04. The second kappa shape index (κ2) is 4.49. The second-order valence-corrected chi connectivity index (χ2v) is 4.80. The van der Waals surface area contributed by atoms with E-state index in [0.29, 0.717) is 34.0 Å². The molecule has 0 aromatic carbocycles. The number of aromatic amines is 1. The van der Waals surface area contributed by atoms with Crippen molar-refractivity contribution < 1.29 is 0 Å².